The zero-order chi connectivity index (χ0) is 25.6. The Kier molecular flexibility index (Phi) is 6.92. The topological polar surface area (TPSA) is 93.4 Å². The molecule has 2 heterocycles. The van der Waals surface area contributed by atoms with Gasteiger partial charge in [-0.1, -0.05) is 23.2 Å². The molecular weight excluding hydrogens is 497 g/mol. The minimum Gasteiger partial charge on any atom is -0.469 e. The Bertz CT molecular complexity index is 1330. The first-order valence-electron chi connectivity index (χ1n) is 12.1. The quantitative estimate of drug-likeness (QED) is 0.466. The van der Waals surface area contributed by atoms with Crippen molar-refractivity contribution in [2.45, 2.75) is 58.0 Å². The van der Waals surface area contributed by atoms with E-state index in [2.05, 4.69) is 34.3 Å². The summed E-state index contributed by atoms with van der Waals surface area (Å²) in [5, 5.41) is 3.67. The van der Waals surface area contributed by atoms with Gasteiger partial charge in [0.25, 0.3) is 5.91 Å². The summed E-state index contributed by atoms with van der Waals surface area (Å²) in [5.74, 6) is 0.137. The third kappa shape index (κ3) is 5.06. The monoisotopic (exact) mass is 525 g/mol. The van der Waals surface area contributed by atoms with Crippen LogP contribution in [0.4, 0.5) is 0 Å². The third-order valence-corrected chi connectivity index (χ3v) is 7.60. The van der Waals surface area contributed by atoms with E-state index in [0.717, 1.165) is 31.4 Å². The number of carbonyl (C=O) groups excluding carboxylic acids is 1. The van der Waals surface area contributed by atoms with Gasteiger partial charge in [0, 0.05) is 35.2 Å². The van der Waals surface area contributed by atoms with E-state index in [-0.39, 0.29) is 23.1 Å². The van der Waals surface area contributed by atoms with E-state index in [1.54, 1.807) is 24.5 Å². The highest BCUT2D eigenvalue weighted by Crippen LogP contribution is 2.36. The van der Waals surface area contributed by atoms with Crippen molar-refractivity contribution in [2.75, 3.05) is 7.05 Å². The molecule has 2 aromatic carbocycles. The van der Waals surface area contributed by atoms with Crippen LogP contribution in [0.25, 0.3) is 11.3 Å². The standard InChI is InChI=1S/C27H29Cl2N5O2/c1-14-8-16(9-17-13-34(3)23(30)10-20(14)17)22-11-31-12-24(33-22)36-15(2)25-21(28)7-6-19(26(25)29)27(35)32-18-4-5-18/h6-9,11-12,15,18,23H,4-5,10,13,30H2,1-3H3,(H,32,35)/t15-,23-/m0/s1. The fourth-order valence-corrected chi connectivity index (χ4v) is 5.38. The number of hydrogen-bond donors (Lipinski definition) is 2. The van der Waals surface area contributed by atoms with Crippen LogP contribution in [0.3, 0.4) is 0 Å². The lowest BCUT2D eigenvalue weighted by Crippen LogP contribution is -2.44. The Hall–Kier alpha value is -2.71. The number of nitrogens with two attached hydrogens (primary N) is 1. The van der Waals surface area contributed by atoms with Gasteiger partial charge in [-0.2, -0.15) is 0 Å². The van der Waals surface area contributed by atoms with Crippen molar-refractivity contribution in [2.24, 2.45) is 5.73 Å². The highest BCUT2D eigenvalue weighted by molar-refractivity contribution is 6.38. The number of benzene rings is 2. The maximum atomic E-state index is 12.6. The summed E-state index contributed by atoms with van der Waals surface area (Å²) in [4.78, 5) is 23.8. The molecular formula is C27H29Cl2N5O2. The van der Waals surface area contributed by atoms with Crippen molar-refractivity contribution in [1.29, 1.82) is 0 Å². The van der Waals surface area contributed by atoms with Crippen LogP contribution < -0.4 is 15.8 Å². The van der Waals surface area contributed by atoms with Gasteiger partial charge in [-0.05, 0) is 74.7 Å². The van der Waals surface area contributed by atoms with E-state index in [1.165, 1.54) is 16.7 Å². The predicted octanol–water partition coefficient (Wildman–Crippen LogP) is 5.06. The second-order valence-corrected chi connectivity index (χ2v) is 10.5. The molecule has 1 aliphatic heterocycles. The lowest BCUT2D eigenvalue weighted by Gasteiger charge is -2.32. The van der Waals surface area contributed by atoms with Crippen molar-refractivity contribution in [1.82, 2.24) is 20.2 Å². The van der Waals surface area contributed by atoms with Gasteiger partial charge in [0.2, 0.25) is 5.88 Å². The Morgan fingerprint density at radius 3 is 2.78 bits per heavy atom. The second kappa shape index (κ2) is 9.98. The number of nitrogens with one attached hydrogen (secondary N) is 1. The number of fused-ring (bicyclic) bond motifs is 1. The number of halogens is 2. The van der Waals surface area contributed by atoms with Gasteiger partial charge in [0.15, 0.2) is 0 Å². The van der Waals surface area contributed by atoms with Crippen LogP contribution in [-0.4, -0.2) is 40.0 Å². The molecule has 36 heavy (non-hydrogen) atoms. The Balaban J connectivity index is 1.40. The average Bonchev–Trinajstić information content (AvgIpc) is 3.64. The zero-order valence-electron chi connectivity index (χ0n) is 20.5. The van der Waals surface area contributed by atoms with Gasteiger partial charge in [-0.3, -0.25) is 14.7 Å². The number of aromatic nitrogens is 2. The molecule has 1 saturated carbocycles. The normalized spacial score (nSPS) is 18.4. The summed E-state index contributed by atoms with van der Waals surface area (Å²) >= 11 is 13.1. The van der Waals surface area contributed by atoms with Crippen LogP contribution in [0.15, 0.2) is 36.7 Å². The van der Waals surface area contributed by atoms with E-state index in [0.29, 0.717) is 27.7 Å². The summed E-state index contributed by atoms with van der Waals surface area (Å²) in [7, 11) is 2.03. The molecule has 188 valence electrons. The number of likely N-dealkylation sites (N-methyl/N-ethyl adjacent to an activating group) is 1. The van der Waals surface area contributed by atoms with Crippen LogP contribution in [-0.2, 0) is 13.0 Å². The predicted molar refractivity (Wildman–Crippen MR) is 141 cm³/mol. The van der Waals surface area contributed by atoms with E-state index in [1.807, 2.05) is 14.0 Å². The van der Waals surface area contributed by atoms with Crippen molar-refractivity contribution < 1.29 is 9.53 Å². The molecule has 1 fully saturated rings. The highest BCUT2D eigenvalue weighted by atomic mass is 35.5. The van der Waals surface area contributed by atoms with Crippen molar-refractivity contribution in [3.63, 3.8) is 0 Å². The van der Waals surface area contributed by atoms with E-state index in [9.17, 15) is 4.79 Å². The maximum Gasteiger partial charge on any atom is 0.253 e. The number of carbonyl (C=O) groups is 1. The molecule has 7 nitrogen and oxygen atoms in total. The summed E-state index contributed by atoms with van der Waals surface area (Å²) in [6.07, 6.45) is 5.56. The average molecular weight is 526 g/mol. The van der Waals surface area contributed by atoms with Crippen LogP contribution >= 0.6 is 23.2 Å². The number of ether oxygens (including phenoxy) is 1. The van der Waals surface area contributed by atoms with E-state index in [4.69, 9.17) is 38.7 Å². The number of hydrogen-bond acceptors (Lipinski definition) is 6. The Labute approximate surface area is 221 Å². The summed E-state index contributed by atoms with van der Waals surface area (Å²) in [5.41, 5.74) is 12.6. The second-order valence-electron chi connectivity index (χ2n) is 9.69. The van der Waals surface area contributed by atoms with Crippen molar-refractivity contribution >= 4 is 29.1 Å². The van der Waals surface area contributed by atoms with Gasteiger partial charge in [-0.15, -0.1) is 0 Å². The minimum absolute atomic E-state index is 0.0250. The van der Waals surface area contributed by atoms with Gasteiger partial charge in [0.05, 0.1) is 34.8 Å². The molecule has 3 aromatic rings. The smallest absolute Gasteiger partial charge is 0.253 e. The molecule has 0 bridgehead atoms. The highest BCUT2D eigenvalue weighted by Gasteiger charge is 2.27. The first-order valence-corrected chi connectivity index (χ1v) is 12.8. The summed E-state index contributed by atoms with van der Waals surface area (Å²) < 4.78 is 6.13. The zero-order valence-corrected chi connectivity index (χ0v) is 22.0. The van der Waals surface area contributed by atoms with E-state index >= 15 is 0 Å². The Morgan fingerprint density at radius 2 is 2.03 bits per heavy atom. The molecule has 0 radical (unpaired) electrons. The van der Waals surface area contributed by atoms with Crippen molar-refractivity contribution in [3.05, 3.63) is 74.5 Å². The first kappa shape index (κ1) is 25.0. The van der Waals surface area contributed by atoms with Crippen LogP contribution in [0.2, 0.25) is 10.0 Å². The third-order valence-electron chi connectivity index (χ3n) is 6.86. The Morgan fingerprint density at radius 1 is 1.25 bits per heavy atom. The molecule has 5 rings (SSSR count). The SMILES string of the molecule is Cc1cc(-c2cncc(O[C@@H](C)c3c(Cl)ccc(C(=O)NC4CC4)c3Cl)n2)cc2c1C[C@@H](N)N(C)C2. The lowest BCUT2D eigenvalue weighted by molar-refractivity contribution is 0.0951. The molecule has 2 aliphatic rings. The van der Waals surface area contributed by atoms with Crippen LogP contribution in [0.5, 0.6) is 5.88 Å². The summed E-state index contributed by atoms with van der Waals surface area (Å²) in [6, 6.07) is 7.80. The van der Waals surface area contributed by atoms with E-state index < -0.39 is 6.10 Å². The lowest BCUT2D eigenvalue weighted by atomic mass is 9.91. The van der Waals surface area contributed by atoms with Gasteiger partial charge < -0.3 is 15.8 Å². The molecule has 0 saturated heterocycles. The number of nitrogens with zero attached hydrogens (tertiary/aromatic N) is 3. The van der Waals surface area contributed by atoms with Gasteiger partial charge in [0.1, 0.15) is 6.10 Å². The molecule has 2 atom stereocenters. The van der Waals surface area contributed by atoms with Crippen LogP contribution in [0, 0.1) is 6.92 Å². The largest absolute Gasteiger partial charge is 0.469 e. The molecule has 1 aromatic heterocycles. The number of amides is 1. The first-order chi connectivity index (χ1) is 17.2. The molecule has 0 spiro atoms. The number of aryl methyl sites for hydroxylation is 1. The molecule has 9 heteroatoms. The molecule has 0 unspecified atom stereocenters. The van der Waals surface area contributed by atoms with Gasteiger partial charge >= 0.3 is 0 Å². The maximum absolute atomic E-state index is 12.6. The fraction of sp³-hybridized carbons (Fsp3) is 0.370. The minimum atomic E-state index is -0.552. The van der Waals surface area contributed by atoms with Gasteiger partial charge in [-0.25, -0.2) is 4.98 Å². The fourth-order valence-electron chi connectivity index (χ4n) is 4.61. The molecule has 1 amide bonds. The summed E-state index contributed by atoms with van der Waals surface area (Å²) in [6.45, 7) is 4.71. The van der Waals surface area contributed by atoms with Crippen molar-refractivity contribution in [3.8, 4) is 17.1 Å². The number of rotatable bonds is 6. The molecule has 3 N–H and O–H groups in total. The van der Waals surface area contributed by atoms with Crippen LogP contribution in [0.1, 0.15) is 58.5 Å². The molecule has 1 aliphatic carbocycles.